The largest absolute Gasteiger partial charge is 0.489 e. The van der Waals surface area contributed by atoms with Gasteiger partial charge in [0.1, 0.15) is 18.2 Å². The van der Waals surface area contributed by atoms with E-state index in [4.69, 9.17) is 4.74 Å². The summed E-state index contributed by atoms with van der Waals surface area (Å²) in [6.07, 6.45) is 4.47. The summed E-state index contributed by atoms with van der Waals surface area (Å²) in [5, 5.41) is 3.28. The van der Waals surface area contributed by atoms with Crippen LogP contribution in [0, 0.1) is 5.82 Å². The number of benzene rings is 1. The van der Waals surface area contributed by atoms with Crippen LogP contribution in [0.25, 0.3) is 0 Å². The van der Waals surface area contributed by atoms with E-state index in [9.17, 15) is 4.39 Å². The molecule has 0 saturated carbocycles. The average molecular weight is 288 g/mol. The molecule has 0 bridgehead atoms. The van der Waals surface area contributed by atoms with Gasteiger partial charge in [-0.15, -0.1) is 0 Å². The van der Waals surface area contributed by atoms with Crippen LogP contribution in [0.3, 0.4) is 0 Å². The van der Waals surface area contributed by atoms with Crippen LogP contribution in [0.1, 0.15) is 37.4 Å². The Morgan fingerprint density at radius 3 is 2.86 bits per heavy atom. The second kappa shape index (κ2) is 7.74. The van der Waals surface area contributed by atoms with Gasteiger partial charge >= 0.3 is 0 Å². The highest BCUT2D eigenvalue weighted by molar-refractivity contribution is 5.31. The number of rotatable bonds is 7. The average Bonchev–Trinajstić information content (AvgIpc) is 2.51. The Hall–Kier alpha value is -1.94. The van der Waals surface area contributed by atoms with E-state index in [0.717, 1.165) is 18.5 Å². The third-order valence-corrected chi connectivity index (χ3v) is 3.27. The molecule has 21 heavy (non-hydrogen) atoms. The predicted molar refractivity (Wildman–Crippen MR) is 81.7 cm³/mol. The molecule has 1 N–H and O–H groups in total. The smallest absolute Gasteiger partial charge is 0.131 e. The van der Waals surface area contributed by atoms with Crippen LogP contribution >= 0.6 is 0 Å². The maximum atomic E-state index is 14.1. The third-order valence-electron chi connectivity index (χ3n) is 3.27. The van der Waals surface area contributed by atoms with E-state index in [1.54, 1.807) is 24.5 Å². The van der Waals surface area contributed by atoms with Crippen LogP contribution in [0.4, 0.5) is 4.39 Å². The van der Waals surface area contributed by atoms with E-state index in [2.05, 4.69) is 17.2 Å². The molecule has 1 aromatic carbocycles. The molecular weight excluding hydrogens is 267 g/mol. The van der Waals surface area contributed by atoms with Crippen molar-refractivity contribution in [2.24, 2.45) is 0 Å². The second-order valence-corrected chi connectivity index (χ2v) is 5.01. The quantitative estimate of drug-likeness (QED) is 0.840. The normalized spacial score (nSPS) is 12.1. The molecule has 4 heteroatoms. The minimum absolute atomic E-state index is 0.00248. The molecule has 2 rings (SSSR count). The van der Waals surface area contributed by atoms with Crippen molar-refractivity contribution in [2.45, 2.75) is 32.9 Å². The Morgan fingerprint density at radius 2 is 2.19 bits per heavy atom. The lowest BCUT2D eigenvalue weighted by Gasteiger charge is -2.15. The van der Waals surface area contributed by atoms with Gasteiger partial charge in [-0.05, 0) is 32.0 Å². The Bertz CT molecular complexity index is 560. The number of halogens is 1. The summed E-state index contributed by atoms with van der Waals surface area (Å²) >= 11 is 0. The van der Waals surface area contributed by atoms with Crippen molar-refractivity contribution in [3.05, 3.63) is 59.7 Å². The predicted octanol–water partition coefficient (Wildman–Crippen LogP) is 3.86. The first-order chi connectivity index (χ1) is 10.2. The minimum atomic E-state index is -0.241. The molecular formula is C17H21FN2O. The zero-order valence-electron chi connectivity index (χ0n) is 12.5. The summed E-state index contributed by atoms with van der Waals surface area (Å²) in [5.41, 5.74) is 1.62. The fourth-order valence-corrected chi connectivity index (χ4v) is 2.07. The topological polar surface area (TPSA) is 34.1 Å². The van der Waals surface area contributed by atoms with Gasteiger partial charge in [-0.1, -0.05) is 19.1 Å². The standard InChI is InChI=1S/C17H21FN2O/c1-3-8-20-13(2)16-7-6-15(10-17(16)18)21-12-14-5-4-9-19-11-14/h4-7,9-11,13,20H,3,8,12H2,1-2H3. The molecule has 0 saturated heterocycles. The van der Waals surface area contributed by atoms with Crippen molar-refractivity contribution in [1.29, 1.82) is 0 Å². The molecule has 0 aliphatic carbocycles. The second-order valence-electron chi connectivity index (χ2n) is 5.01. The van der Waals surface area contributed by atoms with E-state index in [1.165, 1.54) is 6.07 Å². The summed E-state index contributed by atoms with van der Waals surface area (Å²) in [5.74, 6) is 0.289. The Morgan fingerprint density at radius 1 is 1.33 bits per heavy atom. The number of ether oxygens (including phenoxy) is 1. The lowest BCUT2D eigenvalue weighted by molar-refractivity contribution is 0.303. The van der Waals surface area contributed by atoms with E-state index in [1.807, 2.05) is 19.1 Å². The number of pyridine rings is 1. The molecule has 0 spiro atoms. The van der Waals surface area contributed by atoms with E-state index >= 15 is 0 Å². The molecule has 0 radical (unpaired) electrons. The van der Waals surface area contributed by atoms with Gasteiger partial charge in [0, 0.05) is 35.6 Å². The van der Waals surface area contributed by atoms with Crippen molar-refractivity contribution >= 4 is 0 Å². The SMILES string of the molecule is CCCNC(C)c1ccc(OCc2cccnc2)cc1F. The Balaban J connectivity index is 1.98. The summed E-state index contributed by atoms with van der Waals surface area (Å²) in [7, 11) is 0. The van der Waals surface area contributed by atoms with Crippen LogP contribution in [-0.4, -0.2) is 11.5 Å². The zero-order chi connectivity index (χ0) is 15.1. The molecule has 0 amide bonds. The molecule has 3 nitrogen and oxygen atoms in total. The molecule has 1 heterocycles. The van der Waals surface area contributed by atoms with Gasteiger partial charge in [-0.2, -0.15) is 0 Å². The minimum Gasteiger partial charge on any atom is -0.489 e. The number of nitrogens with one attached hydrogen (secondary N) is 1. The van der Waals surface area contributed by atoms with Crippen LogP contribution in [-0.2, 0) is 6.61 Å². The summed E-state index contributed by atoms with van der Waals surface area (Å²) < 4.78 is 19.7. The Kier molecular flexibility index (Phi) is 5.69. The highest BCUT2D eigenvalue weighted by Gasteiger charge is 2.11. The zero-order valence-corrected chi connectivity index (χ0v) is 12.5. The fourth-order valence-electron chi connectivity index (χ4n) is 2.07. The molecule has 112 valence electrons. The molecule has 2 aromatic rings. The van der Waals surface area contributed by atoms with Crippen molar-refractivity contribution in [3.63, 3.8) is 0 Å². The highest BCUT2D eigenvalue weighted by Crippen LogP contribution is 2.22. The van der Waals surface area contributed by atoms with Gasteiger partial charge in [0.05, 0.1) is 0 Å². The third kappa shape index (κ3) is 4.53. The van der Waals surface area contributed by atoms with Crippen molar-refractivity contribution in [3.8, 4) is 5.75 Å². The van der Waals surface area contributed by atoms with Gasteiger partial charge in [0.2, 0.25) is 0 Å². The highest BCUT2D eigenvalue weighted by atomic mass is 19.1. The number of nitrogens with zero attached hydrogens (tertiary/aromatic N) is 1. The first-order valence-electron chi connectivity index (χ1n) is 7.25. The lowest BCUT2D eigenvalue weighted by atomic mass is 10.1. The van der Waals surface area contributed by atoms with Crippen LogP contribution in [0.2, 0.25) is 0 Å². The van der Waals surface area contributed by atoms with E-state index in [0.29, 0.717) is 17.9 Å². The van der Waals surface area contributed by atoms with Crippen LogP contribution < -0.4 is 10.1 Å². The molecule has 0 fully saturated rings. The van der Waals surface area contributed by atoms with Crippen molar-refractivity contribution in [2.75, 3.05) is 6.54 Å². The summed E-state index contributed by atoms with van der Waals surface area (Å²) in [6, 6.07) is 8.80. The van der Waals surface area contributed by atoms with Gasteiger partial charge in [0.25, 0.3) is 0 Å². The molecule has 0 aliphatic heterocycles. The Labute approximate surface area is 125 Å². The number of hydrogen-bond acceptors (Lipinski definition) is 3. The van der Waals surface area contributed by atoms with Gasteiger partial charge in [-0.3, -0.25) is 4.98 Å². The number of aromatic nitrogens is 1. The van der Waals surface area contributed by atoms with Gasteiger partial charge < -0.3 is 10.1 Å². The van der Waals surface area contributed by atoms with E-state index < -0.39 is 0 Å². The number of hydrogen-bond donors (Lipinski definition) is 1. The van der Waals surface area contributed by atoms with Gasteiger partial charge in [-0.25, -0.2) is 4.39 Å². The van der Waals surface area contributed by atoms with Crippen LogP contribution in [0.5, 0.6) is 5.75 Å². The van der Waals surface area contributed by atoms with E-state index in [-0.39, 0.29) is 11.9 Å². The maximum Gasteiger partial charge on any atom is 0.131 e. The molecule has 0 aliphatic rings. The lowest BCUT2D eigenvalue weighted by Crippen LogP contribution is -2.20. The fraction of sp³-hybridized carbons (Fsp3) is 0.353. The first kappa shape index (κ1) is 15.4. The first-order valence-corrected chi connectivity index (χ1v) is 7.25. The summed E-state index contributed by atoms with van der Waals surface area (Å²) in [4.78, 5) is 4.02. The van der Waals surface area contributed by atoms with Crippen molar-refractivity contribution in [1.82, 2.24) is 10.3 Å². The maximum absolute atomic E-state index is 14.1. The summed E-state index contributed by atoms with van der Waals surface area (Å²) in [6.45, 7) is 5.31. The van der Waals surface area contributed by atoms with Gasteiger partial charge in [0.15, 0.2) is 0 Å². The van der Waals surface area contributed by atoms with Crippen molar-refractivity contribution < 1.29 is 9.13 Å². The molecule has 1 aromatic heterocycles. The molecule has 1 atom stereocenters. The molecule has 1 unspecified atom stereocenters. The van der Waals surface area contributed by atoms with Crippen LogP contribution in [0.15, 0.2) is 42.7 Å². The monoisotopic (exact) mass is 288 g/mol.